The number of para-hydroxylation sites is 1. The highest BCUT2D eigenvalue weighted by atomic mass is 32.1. The van der Waals surface area contributed by atoms with Crippen LogP contribution in [-0.4, -0.2) is 11.8 Å². The summed E-state index contributed by atoms with van der Waals surface area (Å²) in [5.41, 5.74) is 1.57. The number of fused-ring (bicyclic) bond motifs is 2. The standard InChI is InChI=1S/C12H8N2O2S/c15-11-7-3-1-2-4-8(7)13-12(16)10-9(14-11)5-6-17-10/h1-6H,(H,13,16)(H,14,15). The molecule has 0 unspecified atom stereocenters. The van der Waals surface area contributed by atoms with Crippen molar-refractivity contribution in [1.29, 1.82) is 0 Å². The molecule has 0 radical (unpaired) electrons. The monoisotopic (exact) mass is 244 g/mol. The molecule has 2 N–H and O–H groups in total. The lowest BCUT2D eigenvalue weighted by Gasteiger charge is -2.15. The van der Waals surface area contributed by atoms with Crippen molar-refractivity contribution in [2.45, 2.75) is 0 Å². The lowest BCUT2D eigenvalue weighted by Crippen LogP contribution is -2.22. The number of carbonyl (C=O) groups is 2. The topological polar surface area (TPSA) is 58.2 Å². The molecule has 2 aromatic rings. The molecule has 1 aliphatic rings. The molecule has 1 aliphatic heterocycles. The fourth-order valence-electron chi connectivity index (χ4n) is 1.74. The zero-order chi connectivity index (χ0) is 11.8. The van der Waals surface area contributed by atoms with Crippen molar-refractivity contribution in [3.8, 4) is 0 Å². The first-order valence-corrected chi connectivity index (χ1v) is 5.93. The number of thiophene rings is 1. The minimum absolute atomic E-state index is 0.192. The maximum absolute atomic E-state index is 12.0. The molecule has 0 aliphatic carbocycles. The second kappa shape index (κ2) is 3.71. The van der Waals surface area contributed by atoms with Crippen molar-refractivity contribution in [2.75, 3.05) is 10.6 Å². The molecule has 1 aromatic carbocycles. The molecule has 17 heavy (non-hydrogen) atoms. The van der Waals surface area contributed by atoms with Crippen LogP contribution in [0.25, 0.3) is 0 Å². The van der Waals surface area contributed by atoms with Gasteiger partial charge in [-0.25, -0.2) is 0 Å². The van der Waals surface area contributed by atoms with Crippen LogP contribution in [0.5, 0.6) is 0 Å². The number of anilines is 2. The van der Waals surface area contributed by atoms with Crippen molar-refractivity contribution in [3.63, 3.8) is 0 Å². The van der Waals surface area contributed by atoms with E-state index in [0.717, 1.165) is 0 Å². The van der Waals surface area contributed by atoms with Gasteiger partial charge in [-0.3, -0.25) is 9.59 Å². The van der Waals surface area contributed by atoms with Gasteiger partial charge < -0.3 is 10.6 Å². The SMILES string of the molecule is O=C1Nc2ccsc2C(=O)Nc2ccccc21. The van der Waals surface area contributed by atoms with Crippen molar-refractivity contribution in [2.24, 2.45) is 0 Å². The highest BCUT2D eigenvalue weighted by molar-refractivity contribution is 7.12. The molecular weight excluding hydrogens is 236 g/mol. The number of carbonyl (C=O) groups excluding carboxylic acids is 2. The highest BCUT2D eigenvalue weighted by Crippen LogP contribution is 2.28. The Kier molecular flexibility index (Phi) is 2.19. The summed E-state index contributed by atoms with van der Waals surface area (Å²) in [6.07, 6.45) is 0. The van der Waals surface area contributed by atoms with Gasteiger partial charge in [0.2, 0.25) is 0 Å². The predicted octanol–water partition coefficient (Wildman–Crippen LogP) is 2.57. The second-order valence-electron chi connectivity index (χ2n) is 3.62. The zero-order valence-electron chi connectivity index (χ0n) is 8.69. The Morgan fingerprint density at radius 3 is 2.53 bits per heavy atom. The van der Waals surface area contributed by atoms with Crippen LogP contribution in [-0.2, 0) is 0 Å². The third-order valence-electron chi connectivity index (χ3n) is 2.54. The maximum atomic E-state index is 12.0. The van der Waals surface area contributed by atoms with Gasteiger partial charge in [-0.05, 0) is 23.6 Å². The van der Waals surface area contributed by atoms with Gasteiger partial charge in [-0.1, -0.05) is 12.1 Å². The Morgan fingerprint density at radius 1 is 0.882 bits per heavy atom. The van der Waals surface area contributed by atoms with Gasteiger partial charge in [0, 0.05) is 0 Å². The lowest BCUT2D eigenvalue weighted by molar-refractivity contribution is 0.102. The predicted molar refractivity (Wildman–Crippen MR) is 66.7 cm³/mol. The molecule has 0 fully saturated rings. The number of hydrogen-bond donors (Lipinski definition) is 2. The molecule has 0 atom stereocenters. The van der Waals surface area contributed by atoms with E-state index in [9.17, 15) is 9.59 Å². The molecule has 84 valence electrons. The second-order valence-corrected chi connectivity index (χ2v) is 4.53. The summed E-state index contributed by atoms with van der Waals surface area (Å²) in [4.78, 5) is 24.4. The van der Waals surface area contributed by atoms with Gasteiger partial charge in [0.05, 0.1) is 16.9 Å². The third-order valence-corrected chi connectivity index (χ3v) is 3.45. The normalized spacial score (nSPS) is 13.9. The first kappa shape index (κ1) is 10.0. The molecular formula is C12H8N2O2S. The molecule has 0 bridgehead atoms. The zero-order valence-corrected chi connectivity index (χ0v) is 9.51. The molecule has 0 saturated carbocycles. The van der Waals surface area contributed by atoms with E-state index in [1.807, 2.05) is 0 Å². The molecule has 3 rings (SSSR count). The summed E-state index contributed by atoms with van der Waals surface area (Å²) in [6, 6.07) is 8.67. The van der Waals surface area contributed by atoms with E-state index in [2.05, 4.69) is 10.6 Å². The fraction of sp³-hybridized carbons (Fsp3) is 0. The number of rotatable bonds is 0. The van der Waals surface area contributed by atoms with Crippen LogP contribution in [0.4, 0.5) is 11.4 Å². The van der Waals surface area contributed by atoms with Crippen LogP contribution in [0.2, 0.25) is 0 Å². The average Bonchev–Trinajstić information content (AvgIpc) is 2.76. The first-order chi connectivity index (χ1) is 8.25. The number of amides is 2. The average molecular weight is 244 g/mol. The Morgan fingerprint density at radius 2 is 1.65 bits per heavy atom. The van der Waals surface area contributed by atoms with Gasteiger partial charge in [0.15, 0.2) is 0 Å². The Hall–Kier alpha value is -2.14. The van der Waals surface area contributed by atoms with Crippen LogP contribution in [0.1, 0.15) is 20.0 Å². The minimum Gasteiger partial charge on any atom is -0.320 e. The van der Waals surface area contributed by atoms with E-state index in [4.69, 9.17) is 0 Å². The summed E-state index contributed by atoms with van der Waals surface area (Å²) in [5.74, 6) is -0.400. The summed E-state index contributed by atoms with van der Waals surface area (Å²) in [5, 5.41) is 7.26. The van der Waals surface area contributed by atoms with Gasteiger partial charge in [-0.15, -0.1) is 11.3 Å². The number of hydrogen-bond acceptors (Lipinski definition) is 3. The molecule has 0 spiro atoms. The van der Waals surface area contributed by atoms with Gasteiger partial charge >= 0.3 is 0 Å². The molecule has 4 nitrogen and oxygen atoms in total. The summed E-state index contributed by atoms with van der Waals surface area (Å²) >= 11 is 1.31. The highest BCUT2D eigenvalue weighted by Gasteiger charge is 2.22. The first-order valence-electron chi connectivity index (χ1n) is 5.05. The van der Waals surface area contributed by atoms with Crippen LogP contribution >= 0.6 is 11.3 Å². The van der Waals surface area contributed by atoms with Gasteiger partial charge in [0.25, 0.3) is 11.8 Å². The third kappa shape index (κ3) is 1.60. The molecule has 2 amide bonds. The van der Waals surface area contributed by atoms with Crippen molar-refractivity contribution < 1.29 is 9.59 Å². The van der Waals surface area contributed by atoms with Crippen molar-refractivity contribution in [3.05, 3.63) is 46.2 Å². The van der Waals surface area contributed by atoms with E-state index < -0.39 is 0 Å². The number of nitrogens with one attached hydrogen (secondary N) is 2. The smallest absolute Gasteiger partial charge is 0.267 e. The van der Waals surface area contributed by atoms with E-state index >= 15 is 0 Å². The van der Waals surface area contributed by atoms with Crippen LogP contribution in [0.15, 0.2) is 35.7 Å². The molecule has 1 aromatic heterocycles. The van der Waals surface area contributed by atoms with E-state index in [1.54, 1.807) is 35.7 Å². The van der Waals surface area contributed by atoms with Crippen molar-refractivity contribution in [1.82, 2.24) is 0 Å². The lowest BCUT2D eigenvalue weighted by atomic mass is 10.1. The van der Waals surface area contributed by atoms with Crippen LogP contribution < -0.4 is 10.6 Å². The van der Waals surface area contributed by atoms with Crippen molar-refractivity contribution >= 4 is 34.5 Å². The summed E-state index contributed by atoms with van der Waals surface area (Å²) < 4.78 is 0. The molecule has 5 heteroatoms. The van der Waals surface area contributed by atoms with Crippen LogP contribution in [0, 0.1) is 0 Å². The molecule has 2 heterocycles. The van der Waals surface area contributed by atoms with E-state index in [-0.39, 0.29) is 11.8 Å². The minimum atomic E-state index is -0.208. The number of benzene rings is 1. The Balaban J connectivity index is 2.15. The van der Waals surface area contributed by atoms with Crippen LogP contribution in [0.3, 0.4) is 0 Å². The Labute approximate surface area is 101 Å². The quantitative estimate of drug-likeness (QED) is 0.748. The van der Waals surface area contributed by atoms with Gasteiger partial charge in [-0.2, -0.15) is 0 Å². The Bertz CT molecular complexity index is 618. The molecule has 0 saturated heterocycles. The largest absolute Gasteiger partial charge is 0.320 e. The van der Waals surface area contributed by atoms with E-state index in [0.29, 0.717) is 21.8 Å². The summed E-state index contributed by atoms with van der Waals surface area (Å²) in [7, 11) is 0. The van der Waals surface area contributed by atoms with Gasteiger partial charge in [0.1, 0.15) is 4.88 Å². The summed E-state index contributed by atoms with van der Waals surface area (Å²) in [6.45, 7) is 0. The maximum Gasteiger partial charge on any atom is 0.267 e. The fourth-order valence-corrected chi connectivity index (χ4v) is 2.49. The van der Waals surface area contributed by atoms with E-state index in [1.165, 1.54) is 11.3 Å².